The van der Waals surface area contributed by atoms with Crippen LogP contribution in [0.2, 0.25) is 0 Å². The lowest BCUT2D eigenvalue weighted by Crippen LogP contribution is -2.35. The largest absolute Gasteiger partial charge is 0.444 e. The van der Waals surface area contributed by atoms with Crippen molar-refractivity contribution in [1.29, 1.82) is 0 Å². The van der Waals surface area contributed by atoms with E-state index < -0.39 is 15.7 Å². The van der Waals surface area contributed by atoms with Crippen molar-refractivity contribution in [2.75, 3.05) is 26.0 Å². The third kappa shape index (κ3) is 7.09. The number of ether oxygens (including phenoxy) is 1. The lowest BCUT2D eigenvalue weighted by Gasteiger charge is -2.24. The molecule has 0 bridgehead atoms. The second kappa shape index (κ2) is 6.76. The lowest BCUT2D eigenvalue weighted by atomic mass is 10.0. The first-order valence-corrected chi connectivity index (χ1v) is 8.71. The van der Waals surface area contributed by atoms with Gasteiger partial charge in [-0.1, -0.05) is 0 Å². The standard InChI is InChI=1S/C13H25NO5S/c1-13(2,3)19-12(15)14-8-7-11(10-14)6-5-9-18-20(4,16)17/h11H,5-10H2,1-4H3. The number of likely N-dealkylation sites (tertiary alicyclic amines) is 1. The molecule has 0 saturated carbocycles. The number of hydrogen-bond donors (Lipinski definition) is 0. The van der Waals surface area contributed by atoms with Gasteiger partial charge in [-0.25, -0.2) is 4.79 Å². The molecule has 1 amide bonds. The second-order valence-corrected chi connectivity index (χ2v) is 7.89. The molecule has 0 N–H and O–H groups in total. The van der Waals surface area contributed by atoms with Gasteiger partial charge in [0.15, 0.2) is 0 Å². The monoisotopic (exact) mass is 307 g/mol. The van der Waals surface area contributed by atoms with Gasteiger partial charge in [-0.05, 0) is 46.0 Å². The van der Waals surface area contributed by atoms with Crippen LogP contribution in [0.15, 0.2) is 0 Å². The summed E-state index contributed by atoms with van der Waals surface area (Å²) >= 11 is 0. The highest BCUT2D eigenvalue weighted by Gasteiger charge is 2.29. The first-order valence-electron chi connectivity index (χ1n) is 6.89. The zero-order valence-electron chi connectivity index (χ0n) is 12.7. The molecule has 1 atom stereocenters. The summed E-state index contributed by atoms with van der Waals surface area (Å²) in [5.74, 6) is 0.394. The fraction of sp³-hybridized carbons (Fsp3) is 0.923. The van der Waals surface area contributed by atoms with Gasteiger partial charge in [0.05, 0.1) is 12.9 Å². The fourth-order valence-corrected chi connectivity index (χ4v) is 2.56. The number of amides is 1. The summed E-state index contributed by atoms with van der Waals surface area (Å²) in [5.41, 5.74) is -0.474. The van der Waals surface area contributed by atoms with Gasteiger partial charge in [-0.2, -0.15) is 8.42 Å². The van der Waals surface area contributed by atoms with Crippen molar-refractivity contribution >= 4 is 16.2 Å². The Bertz CT molecular complexity index is 427. The highest BCUT2D eigenvalue weighted by molar-refractivity contribution is 7.85. The molecular formula is C13H25NO5S. The maximum atomic E-state index is 11.9. The van der Waals surface area contributed by atoms with Gasteiger partial charge >= 0.3 is 6.09 Å². The minimum atomic E-state index is -3.35. The molecule has 7 heteroatoms. The lowest BCUT2D eigenvalue weighted by molar-refractivity contribution is 0.0287. The van der Waals surface area contributed by atoms with Crippen LogP contribution in [0.4, 0.5) is 4.79 Å². The summed E-state index contributed by atoms with van der Waals surface area (Å²) < 4.78 is 31.6. The van der Waals surface area contributed by atoms with Crippen LogP contribution in [0, 0.1) is 5.92 Å². The van der Waals surface area contributed by atoms with Crippen molar-refractivity contribution in [1.82, 2.24) is 4.90 Å². The first-order chi connectivity index (χ1) is 9.07. The van der Waals surface area contributed by atoms with Crippen molar-refractivity contribution < 1.29 is 22.1 Å². The number of nitrogens with zero attached hydrogens (tertiary/aromatic N) is 1. The van der Waals surface area contributed by atoms with Crippen LogP contribution in [0.25, 0.3) is 0 Å². The van der Waals surface area contributed by atoms with Gasteiger partial charge < -0.3 is 9.64 Å². The number of hydrogen-bond acceptors (Lipinski definition) is 5. The van der Waals surface area contributed by atoms with Crippen molar-refractivity contribution in [3.63, 3.8) is 0 Å². The summed E-state index contributed by atoms with van der Waals surface area (Å²) in [6.45, 7) is 7.13. The zero-order chi connectivity index (χ0) is 15.4. The van der Waals surface area contributed by atoms with Gasteiger partial charge in [0, 0.05) is 13.1 Å². The highest BCUT2D eigenvalue weighted by atomic mass is 32.2. The second-order valence-electron chi connectivity index (χ2n) is 6.25. The molecule has 20 heavy (non-hydrogen) atoms. The van der Waals surface area contributed by atoms with Crippen LogP contribution < -0.4 is 0 Å². The third-order valence-electron chi connectivity index (χ3n) is 2.99. The Morgan fingerprint density at radius 3 is 2.55 bits per heavy atom. The predicted molar refractivity (Wildman–Crippen MR) is 75.9 cm³/mol. The molecule has 1 heterocycles. The van der Waals surface area contributed by atoms with E-state index in [1.807, 2.05) is 20.8 Å². The summed E-state index contributed by atoms with van der Waals surface area (Å²) in [4.78, 5) is 13.6. The van der Waals surface area contributed by atoms with Crippen LogP contribution in [0.5, 0.6) is 0 Å². The van der Waals surface area contributed by atoms with E-state index in [2.05, 4.69) is 0 Å². The van der Waals surface area contributed by atoms with Gasteiger partial charge in [-0.3, -0.25) is 4.18 Å². The van der Waals surface area contributed by atoms with E-state index in [-0.39, 0.29) is 12.7 Å². The van der Waals surface area contributed by atoms with E-state index in [1.54, 1.807) is 4.90 Å². The Morgan fingerprint density at radius 1 is 1.35 bits per heavy atom. The summed E-state index contributed by atoms with van der Waals surface area (Å²) in [6, 6.07) is 0. The zero-order valence-corrected chi connectivity index (χ0v) is 13.5. The molecule has 6 nitrogen and oxygen atoms in total. The maximum Gasteiger partial charge on any atom is 0.410 e. The van der Waals surface area contributed by atoms with Gasteiger partial charge in [0.2, 0.25) is 0 Å². The highest BCUT2D eigenvalue weighted by Crippen LogP contribution is 2.23. The summed E-state index contributed by atoms with van der Waals surface area (Å²) in [7, 11) is -3.35. The number of rotatable bonds is 5. The first kappa shape index (κ1) is 17.2. The predicted octanol–water partition coefficient (Wildman–Crippen LogP) is 2.00. The van der Waals surface area contributed by atoms with E-state index in [9.17, 15) is 13.2 Å². The Labute approximate surface area is 121 Å². The van der Waals surface area contributed by atoms with Crippen LogP contribution in [0.1, 0.15) is 40.0 Å². The molecule has 118 valence electrons. The molecule has 1 aliphatic rings. The van der Waals surface area contributed by atoms with Crippen LogP contribution in [0.3, 0.4) is 0 Å². The minimum absolute atomic E-state index is 0.210. The molecule has 0 aromatic rings. The number of carbonyl (C=O) groups excluding carboxylic acids is 1. The van der Waals surface area contributed by atoms with Gasteiger partial charge in [0.25, 0.3) is 10.1 Å². The molecule has 0 spiro atoms. The Kier molecular flexibility index (Phi) is 5.82. The molecule has 0 aromatic carbocycles. The van der Waals surface area contributed by atoms with Crippen molar-refractivity contribution in [3.8, 4) is 0 Å². The average Bonchev–Trinajstić information content (AvgIpc) is 2.69. The van der Waals surface area contributed by atoms with E-state index in [1.165, 1.54) is 0 Å². The fourth-order valence-electron chi connectivity index (χ4n) is 2.14. The molecule has 1 saturated heterocycles. The van der Waals surface area contributed by atoms with E-state index >= 15 is 0 Å². The van der Waals surface area contributed by atoms with Crippen LogP contribution in [-0.2, 0) is 19.0 Å². The molecule has 0 aromatic heterocycles. The van der Waals surface area contributed by atoms with Gasteiger partial charge in [0.1, 0.15) is 5.60 Å². The molecule has 0 radical (unpaired) electrons. The topological polar surface area (TPSA) is 72.9 Å². The maximum absolute atomic E-state index is 11.9. The molecule has 1 fully saturated rings. The number of carbonyl (C=O) groups is 1. The van der Waals surface area contributed by atoms with Gasteiger partial charge in [-0.15, -0.1) is 0 Å². The Morgan fingerprint density at radius 2 is 2.00 bits per heavy atom. The van der Waals surface area contributed by atoms with Crippen molar-refractivity contribution in [2.24, 2.45) is 5.92 Å². The van der Waals surface area contributed by atoms with Crippen molar-refractivity contribution in [3.05, 3.63) is 0 Å². The molecule has 1 aliphatic heterocycles. The van der Waals surface area contributed by atoms with E-state index in [0.29, 0.717) is 25.4 Å². The molecule has 0 aliphatic carbocycles. The quantitative estimate of drug-likeness (QED) is 0.574. The Balaban J connectivity index is 2.25. The summed E-state index contributed by atoms with van der Waals surface area (Å²) in [6.07, 6.45) is 3.24. The van der Waals surface area contributed by atoms with E-state index in [4.69, 9.17) is 8.92 Å². The molecule has 1 unspecified atom stereocenters. The molecular weight excluding hydrogens is 282 g/mol. The van der Waals surface area contributed by atoms with Crippen LogP contribution in [-0.4, -0.2) is 51.0 Å². The minimum Gasteiger partial charge on any atom is -0.444 e. The third-order valence-corrected chi connectivity index (χ3v) is 3.59. The summed E-state index contributed by atoms with van der Waals surface area (Å²) in [5, 5.41) is 0. The molecule has 1 rings (SSSR count). The van der Waals surface area contributed by atoms with E-state index in [0.717, 1.165) is 19.1 Å². The van der Waals surface area contributed by atoms with Crippen molar-refractivity contribution in [2.45, 2.75) is 45.6 Å². The average molecular weight is 307 g/mol. The SMILES string of the molecule is CC(C)(C)OC(=O)N1CCC(CCCOS(C)(=O)=O)C1. The normalized spacial score (nSPS) is 20.2. The smallest absolute Gasteiger partial charge is 0.410 e. The Hall–Kier alpha value is -0.820. The van der Waals surface area contributed by atoms with Crippen LogP contribution >= 0.6 is 0 Å².